The molecule has 0 aliphatic carbocycles. The number of aromatic carboxylic acids is 1. The lowest BCUT2D eigenvalue weighted by Gasteiger charge is -2.03. The van der Waals surface area contributed by atoms with Gasteiger partial charge in [0.25, 0.3) is 5.69 Å². The second-order valence-electron chi connectivity index (χ2n) is 3.22. The quantitative estimate of drug-likeness (QED) is 0.667. The number of benzene rings is 1. The fraction of sp³-hybridized carbons (Fsp3) is 0. The molecule has 0 saturated heterocycles. The lowest BCUT2D eigenvalue weighted by Crippen LogP contribution is -2.02. The van der Waals surface area contributed by atoms with E-state index in [-0.39, 0.29) is 22.1 Å². The molecule has 1 heterocycles. The molecule has 92 valence electrons. The molecule has 0 radical (unpaired) electrons. The van der Waals surface area contributed by atoms with Crippen molar-refractivity contribution < 1.29 is 14.8 Å². The molecule has 1 aromatic heterocycles. The molecular formula is C9H5ClN4O4. The van der Waals surface area contributed by atoms with Gasteiger partial charge in [0.15, 0.2) is 11.4 Å². The van der Waals surface area contributed by atoms with E-state index >= 15 is 0 Å². The predicted octanol–water partition coefficient (Wildman–Crippen LogP) is 1.53. The number of carboxylic acid groups (broad SMARTS) is 1. The van der Waals surface area contributed by atoms with E-state index in [4.69, 9.17) is 16.7 Å². The summed E-state index contributed by atoms with van der Waals surface area (Å²) in [4.78, 5) is 20.9. The number of carbonyl (C=O) groups is 1. The Labute approximate surface area is 105 Å². The van der Waals surface area contributed by atoms with Gasteiger partial charge in [0.2, 0.25) is 0 Å². The smallest absolute Gasteiger partial charge is 0.358 e. The van der Waals surface area contributed by atoms with Gasteiger partial charge in [-0.05, 0) is 6.07 Å². The average Bonchev–Trinajstić information content (AvgIpc) is 2.77. The number of nitro groups is 1. The van der Waals surface area contributed by atoms with Gasteiger partial charge >= 0.3 is 5.97 Å². The minimum absolute atomic E-state index is 0.0239. The number of aromatic nitrogens is 3. The molecule has 0 spiro atoms. The van der Waals surface area contributed by atoms with Crippen LogP contribution < -0.4 is 0 Å². The minimum Gasteiger partial charge on any atom is -0.476 e. The highest BCUT2D eigenvalue weighted by molar-refractivity contribution is 6.32. The van der Waals surface area contributed by atoms with Crippen molar-refractivity contribution in [2.24, 2.45) is 0 Å². The lowest BCUT2D eigenvalue weighted by molar-refractivity contribution is -0.384. The second-order valence-corrected chi connectivity index (χ2v) is 3.63. The summed E-state index contributed by atoms with van der Waals surface area (Å²) in [6.07, 6.45) is 1.05. The van der Waals surface area contributed by atoms with Crippen molar-refractivity contribution in [3.8, 4) is 5.69 Å². The lowest BCUT2D eigenvalue weighted by atomic mass is 10.2. The second kappa shape index (κ2) is 4.41. The third-order valence-electron chi connectivity index (χ3n) is 2.10. The third-order valence-corrected chi connectivity index (χ3v) is 2.41. The van der Waals surface area contributed by atoms with Gasteiger partial charge in [-0.3, -0.25) is 10.1 Å². The summed E-state index contributed by atoms with van der Waals surface area (Å²) < 4.78 is 0.962. The van der Waals surface area contributed by atoms with Crippen molar-refractivity contribution >= 4 is 23.3 Å². The number of carboxylic acids is 1. The number of nitro benzene ring substituents is 1. The molecule has 1 aromatic carbocycles. The molecule has 8 nitrogen and oxygen atoms in total. The molecule has 0 bridgehead atoms. The van der Waals surface area contributed by atoms with E-state index in [2.05, 4.69) is 10.3 Å². The fourth-order valence-corrected chi connectivity index (χ4v) is 1.61. The van der Waals surface area contributed by atoms with Gasteiger partial charge in [0.1, 0.15) is 0 Å². The highest BCUT2D eigenvalue weighted by atomic mass is 35.5. The van der Waals surface area contributed by atoms with E-state index in [0.717, 1.165) is 10.9 Å². The first-order chi connectivity index (χ1) is 8.50. The van der Waals surface area contributed by atoms with Crippen LogP contribution >= 0.6 is 11.6 Å². The van der Waals surface area contributed by atoms with Gasteiger partial charge in [-0.1, -0.05) is 22.9 Å². The van der Waals surface area contributed by atoms with Crippen molar-refractivity contribution in [2.75, 3.05) is 0 Å². The zero-order valence-corrected chi connectivity index (χ0v) is 9.40. The van der Waals surface area contributed by atoms with Gasteiger partial charge in [-0.15, -0.1) is 5.10 Å². The monoisotopic (exact) mass is 268 g/mol. The number of hydrogen-bond acceptors (Lipinski definition) is 5. The van der Waals surface area contributed by atoms with E-state index < -0.39 is 10.9 Å². The van der Waals surface area contributed by atoms with Gasteiger partial charge < -0.3 is 5.11 Å². The van der Waals surface area contributed by atoms with Crippen LogP contribution in [-0.4, -0.2) is 31.0 Å². The van der Waals surface area contributed by atoms with Gasteiger partial charge in [0, 0.05) is 6.07 Å². The van der Waals surface area contributed by atoms with Crippen LogP contribution in [-0.2, 0) is 0 Å². The molecule has 1 N–H and O–H groups in total. The van der Waals surface area contributed by atoms with Crippen molar-refractivity contribution in [3.05, 3.63) is 45.2 Å². The summed E-state index contributed by atoms with van der Waals surface area (Å²) in [7, 11) is 0. The van der Waals surface area contributed by atoms with Crippen molar-refractivity contribution in [1.82, 2.24) is 15.0 Å². The summed E-state index contributed by atoms with van der Waals surface area (Å²) >= 11 is 5.86. The molecule has 2 rings (SSSR count). The maximum Gasteiger partial charge on any atom is 0.358 e. The summed E-state index contributed by atoms with van der Waals surface area (Å²) in [6, 6.07) is 4.09. The van der Waals surface area contributed by atoms with Crippen LogP contribution in [0.5, 0.6) is 0 Å². The van der Waals surface area contributed by atoms with Crippen LogP contribution in [0.2, 0.25) is 5.02 Å². The zero-order chi connectivity index (χ0) is 13.3. The first-order valence-corrected chi connectivity index (χ1v) is 4.97. The first kappa shape index (κ1) is 12.0. The topological polar surface area (TPSA) is 111 Å². The van der Waals surface area contributed by atoms with Crippen LogP contribution in [0.25, 0.3) is 5.69 Å². The van der Waals surface area contributed by atoms with Crippen LogP contribution in [0, 0.1) is 10.1 Å². The third kappa shape index (κ3) is 2.00. The van der Waals surface area contributed by atoms with E-state index in [9.17, 15) is 14.9 Å². The van der Waals surface area contributed by atoms with E-state index in [1.54, 1.807) is 0 Å². The van der Waals surface area contributed by atoms with Gasteiger partial charge in [-0.25, -0.2) is 9.48 Å². The number of hydrogen-bond donors (Lipinski definition) is 1. The molecule has 0 aliphatic rings. The Morgan fingerprint density at radius 1 is 1.50 bits per heavy atom. The van der Waals surface area contributed by atoms with Crippen molar-refractivity contribution in [2.45, 2.75) is 0 Å². The molecular weight excluding hydrogens is 264 g/mol. The molecule has 2 aromatic rings. The zero-order valence-electron chi connectivity index (χ0n) is 8.65. The largest absolute Gasteiger partial charge is 0.476 e. The highest BCUT2D eigenvalue weighted by Gasteiger charge is 2.21. The molecule has 0 fully saturated rings. The number of halogens is 1. The Morgan fingerprint density at radius 2 is 2.22 bits per heavy atom. The molecule has 0 saturated carbocycles. The highest BCUT2D eigenvalue weighted by Crippen LogP contribution is 2.29. The molecule has 0 amide bonds. The van der Waals surface area contributed by atoms with Crippen LogP contribution in [0.1, 0.15) is 10.5 Å². The SMILES string of the molecule is O=C(O)c1cn(-c2c(Cl)cccc2[N+](=O)[O-])nn1. The summed E-state index contributed by atoms with van der Waals surface area (Å²) in [5, 5.41) is 26.5. The molecule has 0 aliphatic heterocycles. The molecule has 0 unspecified atom stereocenters. The Morgan fingerprint density at radius 3 is 2.78 bits per heavy atom. The van der Waals surface area contributed by atoms with Gasteiger partial charge in [0.05, 0.1) is 16.1 Å². The Hall–Kier alpha value is -2.48. The standard InChI is InChI=1S/C9H5ClN4O4/c10-5-2-1-3-7(14(17)18)8(5)13-4-6(9(15)16)11-12-13/h1-4H,(H,15,16). The Kier molecular flexibility index (Phi) is 2.94. The number of para-hydroxylation sites is 1. The summed E-state index contributed by atoms with van der Waals surface area (Å²) in [5.41, 5.74) is -0.641. The van der Waals surface area contributed by atoms with Crippen molar-refractivity contribution in [1.29, 1.82) is 0 Å². The average molecular weight is 269 g/mol. The Balaban J connectivity index is 2.62. The summed E-state index contributed by atoms with van der Waals surface area (Å²) in [5.74, 6) is -1.28. The summed E-state index contributed by atoms with van der Waals surface area (Å²) in [6.45, 7) is 0. The molecule has 9 heteroatoms. The molecule has 18 heavy (non-hydrogen) atoms. The fourth-order valence-electron chi connectivity index (χ4n) is 1.35. The number of rotatable bonds is 3. The van der Waals surface area contributed by atoms with Gasteiger partial charge in [-0.2, -0.15) is 0 Å². The van der Waals surface area contributed by atoms with E-state index in [1.165, 1.54) is 18.2 Å². The maximum absolute atomic E-state index is 10.9. The minimum atomic E-state index is -1.28. The van der Waals surface area contributed by atoms with Crippen molar-refractivity contribution in [3.63, 3.8) is 0 Å². The normalized spacial score (nSPS) is 10.3. The van der Waals surface area contributed by atoms with Crippen LogP contribution in [0.4, 0.5) is 5.69 Å². The van der Waals surface area contributed by atoms with Crippen LogP contribution in [0.15, 0.2) is 24.4 Å². The molecule has 0 atom stereocenters. The van der Waals surface area contributed by atoms with E-state index in [1.807, 2.05) is 0 Å². The number of nitrogens with zero attached hydrogens (tertiary/aromatic N) is 4. The first-order valence-electron chi connectivity index (χ1n) is 4.59. The predicted molar refractivity (Wildman–Crippen MR) is 60.0 cm³/mol. The Bertz CT molecular complexity index is 639. The van der Waals surface area contributed by atoms with E-state index in [0.29, 0.717) is 0 Å². The maximum atomic E-state index is 10.9. The van der Waals surface area contributed by atoms with Crippen LogP contribution in [0.3, 0.4) is 0 Å².